The van der Waals surface area contributed by atoms with Gasteiger partial charge in [0, 0.05) is 11.6 Å². The number of amides is 1. The summed E-state index contributed by atoms with van der Waals surface area (Å²) in [6, 6.07) is 21.5. The SMILES string of the molecule is Cc1ccccc1Oc1cccc2c1CC[C@H]2Oc1ccc(C2=CC(=O)NS2=O)cc1. The summed E-state index contributed by atoms with van der Waals surface area (Å²) in [6.45, 7) is 2.04. The predicted octanol–water partition coefficient (Wildman–Crippen LogP) is 4.99. The van der Waals surface area contributed by atoms with Crippen LogP contribution in [0.25, 0.3) is 4.91 Å². The zero-order valence-corrected chi connectivity index (χ0v) is 17.8. The maximum Gasteiger partial charge on any atom is 0.257 e. The van der Waals surface area contributed by atoms with Crippen LogP contribution in [0.3, 0.4) is 0 Å². The summed E-state index contributed by atoms with van der Waals surface area (Å²) in [5.41, 5.74) is 4.17. The van der Waals surface area contributed by atoms with Crippen molar-refractivity contribution in [3.05, 3.63) is 95.1 Å². The number of aryl methyl sites for hydroxylation is 1. The number of rotatable bonds is 5. The predicted molar refractivity (Wildman–Crippen MR) is 120 cm³/mol. The summed E-state index contributed by atoms with van der Waals surface area (Å²) in [7, 11) is -1.50. The maximum atomic E-state index is 11.9. The molecule has 2 atom stereocenters. The first-order valence-corrected chi connectivity index (χ1v) is 11.3. The first-order chi connectivity index (χ1) is 15.1. The van der Waals surface area contributed by atoms with Crippen LogP contribution in [-0.2, 0) is 22.2 Å². The fourth-order valence-electron chi connectivity index (χ4n) is 3.99. The summed E-state index contributed by atoms with van der Waals surface area (Å²) >= 11 is 0. The van der Waals surface area contributed by atoms with E-state index >= 15 is 0 Å². The Kier molecular flexibility index (Phi) is 5.08. The van der Waals surface area contributed by atoms with Gasteiger partial charge < -0.3 is 9.47 Å². The fourth-order valence-corrected chi connectivity index (χ4v) is 4.91. The van der Waals surface area contributed by atoms with Gasteiger partial charge in [0.05, 0.1) is 4.91 Å². The molecule has 0 radical (unpaired) electrons. The number of para-hydroxylation sites is 1. The molecule has 0 saturated carbocycles. The number of hydrogen-bond donors (Lipinski definition) is 1. The van der Waals surface area contributed by atoms with Crippen molar-refractivity contribution in [3.63, 3.8) is 0 Å². The van der Waals surface area contributed by atoms with Crippen LogP contribution in [0.1, 0.15) is 34.8 Å². The van der Waals surface area contributed by atoms with E-state index in [-0.39, 0.29) is 12.0 Å². The van der Waals surface area contributed by atoms with Crippen molar-refractivity contribution < 1.29 is 18.5 Å². The highest BCUT2D eigenvalue weighted by molar-refractivity contribution is 7.93. The molecule has 1 aliphatic carbocycles. The van der Waals surface area contributed by atoms with Gasteiger partial charge in [-0.3, -0.25) is 9.52 Å². The van der Waals surface area contributed by atoms with Gasteiger partial charge in [0.2, 0.25) is 0 Å². The van der Waals surface area contributed by atoms with Gasteiger partial charge in [-0.1, -0.05) is 42.5 Å². The van der Waals surface area contributed by atoms with Gasteiger partial charge in [0.25, 0.3) is 5.91 Å². The molecule has 1 aliphatic heterocycles. The molecular formula is C25H21NO4S. The third-order valence-corrected chi connectivity index (χ3v) is 6.70. The monoisotopic (exact) mass is 431 g/mol. The lowest BCUT2D eigenvalue weighted by Crippen LogP contribution is -2.16. The molecule has 6 heteroatoms. The van der Waals surface area contributed by atoms with Crippen molar-refractivity contribution in [1.82, 2.24) is 4.72 Å². The highest BCUT2D eigenvalue weighted by atomic mass is 32.2. The topological polar surface area (TPSA) is 64.6 Å². The molecule has 156 valence electrons. The van der Waals surface area contributed by atoms with Gasteiger partial charge in [0.15, 0.2) is 11.0 Å². The number of fused-ring (bicyclic) bond motifs is 1. The second kappa shape index (κ2) is 8.04. The molecular weight excluding hydrogens is 410 g/mol. The van der Waals surface area contributed by atoms with Crippen LogP contribution >= 0.6 is 0 Å². The van der Waals surface area contributed by atoms with Crippen LogP contribution in [0.5, 0.6) is 17.2 Å². The van der Waals surface area contributed by atoms with Gasteiger partial charge >= 0.3 is 0 Å². The van der Waals surface area contributed by atoms with E-state index in [0.717, 1.165) is 46.8 Å². The standard InChI is InChI=1S/C25H21NO4S/c1-16-5-2-3-7-21(16)30-22-8-4-6-19-20(22)13-14-23(19)29-18-11-9-17(10-12-18)24-15-25(27)26-31(24)28/h2-12,15,23H,13-14H2,1H3,(H,26,27)/t23-,31?/m1/s1. The van der Waals surface area contributed by atoms with Crippen LogP contribution in [-0.4, -0.2) is 10.1 Å². The minimum absolute atomic E-state index is 0.0515. The van der Waals surface area contributed by atoms with Gasteiger partial charge in [0.1, 0.15) is 23.4 Å². The van der Waals surface area contributed by atoms with E-state index in [0.29, 0.717) is 4.91 Å². The van der Waals surface area contributed by atoms with Crippen LogP contribution in [0.2, 0.25) is 0 Å². The third-order valence-electron chi connectivity index (χ3n) is 5.56. The molecule has 31 heavy (non-hydrogen) atoms. The molecule has 1 unspecified atom stereocenters. The molecule has 3 aromatic carbocycles. The molecule has 5 rings (SSSR count). The van der Waals surface area contributed by atoms with Crippen LogP contribution in [0.4, 0.5) is 0 Å². The lowest BCUT2D eigenvalue weighted by atomic mass is 10.1. The van der Waals surface area contributed by atoms with E-state index in [1.165, 1.54) is 11.6 Å². The average Bonchev–Trinajstić information content (AvgIpc) is 3.33. The van der Waals surface area contributed by atoms with Crippen molar-refractivity contribution in [2.24, 2.45) is 0 Å². The molecule has 3 aromatic rings. The minimum Gasteiger partial charge on any atom is -0.486 e. The Morgan fingerprint density at radius 1 is 0.968 bits per heavy atom. The van der Waals surface area contributed by atoms with E-state index in [9.17, 15) is 9.00 Å². The Bertz CT molecular complexity index is 1220. The van der Waals surface area contributed by atoms with Crippen molar-refractivity contribution in [1.29, 1.82) is 0 Å². The van der Waals surface area contributed by atoms with Crippen LogP contribution < -0.4 is 14.2 Å². The summed E-state index contributed by atoms with van der Waals surface area (Å²) < 4.78 is 26.8. The summed E-state index contributed by atoms with van der Waals surface area (Å²) in [4.78, 5) is 11.9. The number of carbonyl (C=O) groups is 1. The Labute approximate surface area is 183 Å². The lowest BCUT2D eigenvalue weighted by molar-refractivity contribution is -0.114. The Hall–Kier alpha value is -3.38. The Morgan fingerprint density at radius 3 is 2.48 bits per heavy atom. The molecule has 1 amide bonds. The smallest absolute Gasteiger partial charge is 0.257 e. The van der Waals surface area contributed by atoms with Crippen molar-refractivity contribution in [3.8, 4) is 17.2 Å². The van der Waals surface area contributed by atoms with E-state index in [1.54, 1.807) is 0 Å². The Balaban J connectivity index is 1.34. The summed E-state index contributed by atoms with van der Waals surface area (Å²) in [5, 5.41) is 0. The first kappa shape index (κ1) is 19.6. The van der Waals surface area contributed by atoms with Crippen molar-refractivity contribution >= 4 is 21.8 Å². The van der Waals surface area contributed by atoms with Gasteiger partial charge in [-0.25, -0.2) is 4.21 Å². The maximum absolute atomic E-state index is 11.9. The van der Waals surface area contributed by atoms with Gasteiger partial charge in [-0.2, -0.15) is 0 Å². The normalized spacial score (nSPS) is 19.5. The molecule has 1 N–H and O–H groups in total. The number of ether oxygens (including phenoxy) is 2. The van der Waals surface area contributed by atoms with Crippen LogP contribution in [0.15, 0.2) is 72.8 Å². The largest absolute Gasteiger partial charge is 0.486 e. The zero-order chi connectivity index (χ0) is 21.4. The second-order valence-corrected chi connectivity index (χ2v) is 8.79. The van der Waals surface area contributed by atoms with Gasteiger partial charge in [-0.15, -0.1) is 0 Å². The van der Waals surface area contributed by atoms with Crippen molar-refractivity contribution in [2.75, 3.05) is 0 Å². The number of carbonyl (C=O) groups excluding carboxylic acids is 1. The van der Waals surface area contributed by atoms with E-state index < -0.39 is 11.0 Å². The molecule has 0 fully saturated rings. The summed E-state index contributed by atoms with van der Waals surface area (Å²) in [6.07, 6.45) is 3.08. The number of hydrogen-bond acceptors (Lipinski definition) is 4. The molecule has 0 aromatic heterocycles. The minimum atomic E-state index is -1.50. The molecule has 5 nitrogen and oxygen atoms in total. The fraction of sp³-hybridized carbons (Fsp3) is 0.160. The molecule has 0 saturated heterocycles. The third kappa shape index (κ3) is 3.86. The molecule has 0 bridgehead atoms. The average molecular weight is 432 g/mol. The highest BCUT2D eigenvalue weighted by Gasteiger charge is 2.27. The quantitative estimate of drug-likeness (QED) is 0.618. The zero-order valence-electron chi connectivity index (χ0n) is 17.0. The second-order valence-electron chi connectivity index (χ2n) is 7.60. The lowest BCUT2D eigenvalue weighted by Gasteiger charge is -2.16. The van der Waals surface area contributed by atoms with Crippen molar-refractivity contribution in [2.45, 2.75) is 25.9 Å². The Morgan fingerprint density at radius 2 is 1.74 bits per heavy atom. The number of nitrogens with one attached hydrogen (secondary N) is 1. The first-order valence-electron chi connectivity index (χ1n) is 10.1. The van der Waals surface area contributed by atoms with E-state index in [1.807, 2.05) is 67.6 Å². The molecule has 1 heterocycles. The van der Waals surface area contributed by atoms with E-state index in [4.69, 9.17) is 9.47 Å². The van der Waals surface area contributed by atoms with Crippen LogP contribution in [0, 0.1) is 6.92 Å². The van der Waals surface area contributed by atoms with Gasteiger partial charge in [-0.05, 0) is 60.7 Å². The molecule has 2 aliphatic rings. The molecule has 0 spiro atoms. The highest BCUT2D eigenvalue weighted by Crippen LogP contribution is 2.41. The number of benzene rings is 3. The summed E-state index contributed by atoms with van der Waals surface area (Å²) in [5.74, 6) is 2.14. The van der Waals surface area contributed by atoms with E-state index in [2.05, 4.69) is 10.8 Å².